The van der Waals surface area contributed by atoms with E-state index in [0.717, 1.165) is 56.9 Å². The number of piperazine rings is 1. The highest BCUT2D eigenvalue weighted by atomic mass is 32.2. The molecule has 0 N–H and O–H groups in total. The van der Waals surface area contributed by atoms with Gasteiger partial charge in [-0.05, 0) is 38.5 Å². The molecule has 196 valence electrons. The molecule has 3 heterocycles. The molecule has 0 aliphatic carbocycles. The third-order valence-corrected chi connectivity index (χ3v) is 8.54. The van der Waals surface area contributed by atoms with Crippen LogP contribution in [0.25, 0.3) is 6.08 Å². The number of pyridine rings is 1. The van der Waals surface area contributed by atoms with Gasteiger partial charge in [-0.15, -0.1) is 0 Å². The van der Waals surface area contributed by atoms with E-state index in [1.807, 2.05) is 19.9 Å². The Balaban J connectivity index is 1.94. The maximum atomic E-state index is 13.3. The number of carbonyl (C=O) groups is 1. The van der Waals surface area contributed by atoms with Crippen molar-refractivity contribution in [3.8, 4) is 6.07 Å². The van der Waals surface area contributed by atoms with Gasteiger partial charge in [-0.1, -0.05) is 69.9 Å². The zero-order valence-corrected chi connectivity index (χ0v) is 23.8. The van der Waals surface area contributed by atoms with Crippen LogP contribution < -0.4 is 10.5 Å². The van der Waals surface area contributed by atoms with E-state index in [2.05, 4.69) is 29.7 Å². The predicted molar refractivity (Wildman–Crippen MR) is 153 cm³/mol. The van der Waals surface area contributed by atoms with E-state index in [1.165, 1.54) is 37.4 Å². The summed E-state index contributed by atoms with van der Waals surface area (Å²) < 4.78 is 2.27. The summed E-state index contributed by atoms with van der Waals surface area (Å²) in [6.07, 6.45) is 8.78. The van der Waals surface area contributed by atoms with Crippen molar-refractivity contribution in [1.82, 2.24) is 14.4 Å². The summed E-state index contributed by atoms with van der Waals surface area (Å²) in [5.74, 6) is 0.725. The van der Waals surface area contributed by atoms with Gasteiger partial charge in [-0.2, -0.15) is 5.26 Å². The van der Waals surface area contributed by atoms with Gasteiger partial charge in [-0.3, -0.25) is 19.1 Å². The molecule has 2 aliphatic heterocycles. The summed E-state index contributed by atoms with van der Waals surface area (Å²) in [5, 5.41) is 9.78. The van der Waals surface area contributed by atoms with Crippen LogP contribution in [0.3, 0.4) is 0 Å². The van der Waals surface area contributed by atoms with Crippen molar-refractivity contribution in [3.05, 3.63) is 31.9 Å². The minimum absolute atomic E-state index is 0.0764. The number of likely N-dealkylation sites (N-methyl/N-ethyl adjacent to an activating group) is 1. The molecule has 0 unspecified atom stereocenters. The maximum Gasteiger partial charge on any atom is 0.270 e. The maximum absolute atomic E-state index is 13.3. The zero-order chi connectivity index (χ0) is 26.2. The SMILES string of the molecule is CCCCCCCCN1C(=O)/C(=C/c2c(C)c(C#N)c(=O)n(CC)c2N2CCN(CC)CC2)SC1=S. The van der Waals surface area contributed by atoms with Gasteiger partial charge in [0.15, 0.2) is 0 Å². The fourth-order valence-electron chi connectivity index (χ4n) is 4.93. The quantitative estimate of drug-likeness (QED) is 0.233. The Morgan fingerprint density at radius 2 is 1.67 bits per heavy atom. The number of amides is 1. The van der Waals surface area contributed by atoms with Crippen LogP contribution in [0.1, 0.15) is 76.0 Å². The number of thioether (sulfide) groups is 1. The first-order chi connectivity index (χ1) is 17.4. The molecule has 0 radical (unpaired) electrons. The molecule has 0 saturated carbocycles. The molecule has 7 nitrogen and oxygen atoms in total. The third-order valence-electron chi connectivity index (χ3n) is 7.17. The van der Waals surface area contributed by atoms with Crippen LogP contribution in [0.15, 0.2) is 9.70 Å². The number of carbonyl (C=O) groups excluding carboxylic acids is 1. The number of thiocarbonyl (C=S) groups is 1. The molecule has 36 heavy (non-hydrogen) atoms. The van der Waals surface area contributed by atoms with Crippen molar-refractivity contribution in [2.45, 2.75) is 72.8 Å². The number of hydrogen-bond acceptors (Lipinski definition) is 7. The van der Waals surface area contributed by atoms with Gasteiger partial charge in [0.05, 0.1) is 4.91 Å². The molecule has 1 aromatic rings. The molecule has 2 aliphatic rings. The Hall–Kier alpha value is -2.15. The largest absolute Gasteiger partial charge is 0.355 e. The Kier molecular flexibility index (Phi) is 10.6. The fourth-order valence-corrected chi connectivity index (χ4v) is 6.22. The van der Waals surface area contributed by atoms with E-state index in [4.69, 9.17) is 12.2 Å². The topological polar surface area (TPSA) is 72.6 Å². The van der Waals surface area contributed by atoms with Crippen LogP contribution in [0.4, 0.5) is 5.82 Å². The monoisotopic (exact) mass is 529 g/mol. The van der Waals surface area contributed by atoms with Crippen LogP contribution in [0.2, 0.25) is 0 Å². The van der Waals surface area contributed by atoms with E-state index < -0.39 is 0 Å². The van der Waals surface area contributed by atoms with Gasteiger partial charge in [0, 0.05) is 44.8 Å². The van der Waals surface area contributed by atoms with Gasteiger partial charge in [0.1, 0.15) is 21.8 Å². The van der Waals surface area contributed by atoms with Crippen molar-refractivity contribution in [1.29, 1.82) is 5.26 Å². The lowest BCUT2D eigenvalue weighted by Gasteiger charge is -2.37. The van der Waals surface area contributed by atoms with Crippen molar-refractivity contribution in [2.75, 3.05) is 44.2 Å². The lowest BCUT2D eigenvalue weighted by Crippen LogP contribution is -2.48. The first-order valence-corrected chi connectivity index (χ1v) is 14.5. The summed E-state index contributed by atoms with van der Waals surface area (Å²) in [6, 6.07) is 2.11. The van der Waals surface area contributed by atoms with Crippen molar-refractivity contribution in [3.63, 3.8) is 0 Å². The number of unbranched alkanes of at least 4 members (excludes halogenated alkanes) is 5. The normalized spacial score (nSPS) is 17.9. The third kappa shape index (κ3) is 6.21. The second-order valence-corrected chi connectivity index (χ2v) is 11.1. The van der Waals surface area contributed by atoms with Gasteiger partial charge < -0.3 is 9.80 Å². The highest BCUT2D eigenvalue weighted by Crippen LogP contribution is 2.36. The molecular formula is C27H39N5O2S2. The van der Waals surface area contributed by atoms with Gasteiger partial charge >= 0.3 is 0 Å². The van der Waals surface area contributed by atoms with Crippen LogP contribution >= 0.6 is 24.0 Å². The van der Waals surface area contributed by atoms with Crippen LogP contribution in [0.5, 0.6) is 0 Å². The number of hydrogen-bond donors (Lipinski definition) is 0. The highest BCUT2D eigenvalue weighted by molar-refractivity contribution is 8.26. The van der Waals surface area contributed by atoms with Crippen molar-refractivity contribution in [2.24, 2.45) is 0 Å². The van der Waals surface area contributed by atoms with Crippen LogP contribution in [-0.4, -0.2) is 63.9 Å². The predicted octanol–water partition coefficient (Wildman–Crippen LogP) is 4.75. The standard InChI is InChI=1S/C27H39N5O2S2/c1-5-8-9-10-11-12-13-32-26(34)23(36-27(32)35)18-21-20(4)22(19-28)25(33)31(7-3)24(21)30-16-14-29(6-2)15-17-30/h18H,5-17H2,1-4H3/b23-18-. The van der Waals surface area contributed by atoms with Crippen LogP contribution in [-0.2, 0) is 11.3 Å². The minimum Gasteiger partial charge on any atom is -0.355 e. The first kappa shape index (κ1) is 28.4. The molecule has 9 heteroatoms. The van der Waals surface area contributed by atoms with Gasteiger partial charge in [0.2, 0.25) is 0 Å². The van der Waals surface area contributed by atoms with E-state index in [1.54, 1.807) is 9.47 Å². The van der Waals surface area contributed by atoms with Gasteiger partial charge in [-0.25, -0.2) is 0 Å². The van der Waals surface area contributed by atoms with Crippen molar-refractivity contribution < 1.29 is 4.79 Å². The molecule has 1 amide bonds. The Morgan fingerprint density at radius 3 is 2.28 bits per heavy atom. The number of nitriles is 1. The summed E-state index contributed by atoms with van der Waals surface area (Å²) in [5.41, 5.74) is 1.28. The molecule has 2 fully saturated rings. The molecule has 0 aromatic carbocycles. The minimum atomic E-state index is -0.266. The highest BCUT2D eigenvalue weighted by Gasteiger charge is 2.33. The van der Waals surface area contributed by atoms with E-state index in [0.29, 0.717) is 27.9 Å². The average Bonchev–Trinajstić information content (AvgIpc) is 3.15. The van der Waals surface area contributed by atoms with Crippen LogP contribution in [0, 0.1) is 18.3 Å². The smallest absolute Gasteiger partial charge is 0.270 e. The molecule has 0 bridgehead atoms. The second-order valence-electron chi connectivity index (χ2n) is 9.42. The molecular weight excluding hydrogens is 490 g/mol. The number of rotatable bonds is 11. The molecule has 2 saturated heterocycles. The zero-order valence-electron chi connectivity index (χ0n) is 22.1. The molecule has 3 rings (SSSR count). The first-order valence-electron chi connectivity index (χ1n) is 13.3. The Labute approximate surface area is 225 Å². The molecule has 0 atom stereocenters. The number of anilines is 1. The van der Waals surface area contributed by atoms with Gasteiger partial charge in [0.25, 0.3) is 11.5 Å². The second kappa shape index (κ2) is 13.4. The lowest BCUT2D eigenvalue weighted by molar-refractivity contribution is -0.122. The summed E-state index contributed by atoms with van der Waals surface area (Å²) in [4.78, 5) is 33.4. The number of aromatic nitrogens is 1. The van der Waals surface area contributed by atoms with E-state index in [-0.39, 0.29) is 17.0 Å². The van der Waals surface area contributed by atoms with E-state index in [9.17, 15) is 14.9 Å². The molecule has 1 aromatic heterocycles. The molecule has 0 spiro atoms. The average molecular weight is 530 g/mol. The number of nitrogens with zero attached hydrogens (tertiary/aromatic N) is 5. The summed E-state index contributed by atoms with van der Waals surface area (Å²) in [6.45, 7) is 13.6. The Morgan fingerprint density at radius 1 is 1.00 bits per heavy atom. The van der Waals surface area contributed by atoms with Crippen molar-refractivity contribution >= 4 is 46.1 Å². The summed E-state index contributed by atoms with van der Waals surface area (Å²) >= 11 is 6.89. The lowest BCUT2D eigenvalue weighted by atomic mass is 10.0. The fraction of sp³-hybridized carbons (Fsp3) is 0.630. The Bertz CT molecular complexity index is 1100. The summed E-state index contributed by atoms with van der Waals surface area (Å²) in [7, 11) is 0. The van der Waals surface area contributed by atoms with E-state index >= 15 is 0 Å².